The number of nitrogens with zero attached hydrogens (tertiary/aromatic N) is 2. The van der Waals surface area contributed by atoms with Crippen LogP contribution in [-0.4, -0.2) is 22.3 Å². The molecular formula is C21H17N3O4S. The van der Waals surface area contributed by atoms with Gasteiger partial charge in [0.15, 0.2) is 22.4 Å². The van der Waals surface area contributed by atoms with Crippen molar-refractivity contribution in [3.05, 3.63) is 65.2 Å². The lowest BCUT2D eigenvalue weighted by Crippen LogP contribution is -2.10. The van der Waals surface area contributed by atoms with Gasteiger partial charge in [0.1, 0.15) is 0 Å². The van der Waals surface area contributed by atoms with Crippen LogP contribution in [0.5, 0.6) is 11.5 Å². The van der Waals surface area contributed by atoms with Crippen LogP contribution in [0.1, 0.15) is 21.9 Å². The molecule has 0 unspecified atom stereocenters. The summed E-state index contributed by atoms with van der Waals surface area (Å²) in [6.07, 6.45) is 1.47. The van der Waals surface area contributed by atoms with Gasteiger partial charge in [-0.05, 0) is 44.2 Å². The molecule has 0 radical (unpaired) electrons. The second kappa shape index (κ2) is 6.82. The fourth-order valence-electron chi connectivity index (χ4n) is 3.47. The summed E-state index contributed by atoms with van der Waals surface area (Å²) in [5.41, 5.74) is 4.94. The number of anilines is 1. The van der Waals surface area contributed by atoms with Gasteiger partial charge < -0.3 is 18.5 Å². The first-order chi connectivity index (χ1) is 14.1. The Kier molecular flexibility index (Phi) is 4.13. The standard InChI is InChI=1S/C21H17N3O4S/c1-12-8-15(13(2)24(12)14-5-6-17-19(9-14)28-11-27-17)16-10-29-21(22-16)23-20(25)18-4-3-7-26-18/h3-10H,11H2,1-2H3,(H,22,23,25). The molecule has 7 nitrogen and oxygen atoms in total. The number of hydrogen-bond acceptors (Lipinski definition) is 6. The van der Waals surface area contributed by atoms with Gasteiger partial charge >= 0.3 is 0 Å². The molecule has 0 spiro atoms. The van der Waals surface area contributed by atoms with Gasteiger partial charge in [-0.1, -0.05) is 0 Å². The van der Waals surface area contributed by atoms with Crippen LogP contribution in [-0.2, 0) is 0 Å². The molecule has 0 fully saturated rings. The van der Waals surface area contributed by atoms with Gasteiger partial charge in [0, 0.05) is 34.1 Å². The highest BCUT2D eigenvalue weighted by molar-refractivity contribution is 7.14. The fourth-order valence-corrected chi connectivity index (χ4v) is 4.17. The molecule has 0 saturated heterocycles. The molecule has 146 valence electrons. The van der Waals surface area contributed by atoms with Crippen molar-refractivity contribution < 1.29 is 18.7 Å². The van der Waals surface area contributed by atoms with E-state index in [0.29, 0.717) is 5.13 Å². The molecule has 8 heteroatoms. The molecule has 4 aromatic rings. The zero-order chi connectivity index (χ0) is 20.0. The average molecular weight is 407 g/mol. The van der Waals surface area contributed by atoms with E-state index in [4.69, 9.17) is 13.9 Å². The maximum atomic E-state index is 12.2. The van der Waals surface area contributed by atoms with E-state index in [1.54, 1.807) is 12.1 Å². The zero-order valence-corrected chi connectivity index (χ0v) is 16.6. The minimum atomic E-state index is -0.318. The molecule has 1 aliphatic rings. The Hall–Kier alpha value is -3.52. The highest BCUT2D eigenvalue weighted by atomic mass is 32.1. The predicted molar refractivity (Wildman–Crippen MR) is 109 cm³/mol. The quantitative estimate of drug-likeness (QED) is 0.526. The minimum Gasteiger partial charge on any atom is -0.459 e. The number of carbonyl (C=O) groups excluding carboxylic acids is 1. The van der Waals surface area contributed by atoms with Crippen molar-refractivity contribution in [2.24, 2.45) is 0 Å². The highest BCUT2D eigenvalue weighted by Gasteiger charge is 2.19. The molecule has 29 heavy (non-hydrogen) atoms. The van der Waals surface area contributed by atoms with Crippen LogP contribution >= 0.6 is 11.3 Å². The monoisotopic (exact) mass is 407 g/mol. The van der Waals surface area contributed by atoms with E-state index >= 15 is 0 Å². The summed E-state index contributed by atoms with van der Waals surface area (Å²) >= 11 is 1.38. The Morgan fingerprint density at radius 1 is 1.17 bits per heavy atom. The van der Waals surface area contributed by atoms with Crippen LogP contribution in [0, 0.1) is 13.8 Å². The van der Waals surface area contributed by atoms with Gasteiger partial charge in [0.2, 0.25) is 6.79 Å². The van der Waals surface area contributed by atoms with Crippen molar-refractivity contribution in [2.45, 2.75) is 13.8 Å². The molecule has 1 aliphatic heterocycles. The third kappa shape index (κ3) is 3.07. The number of thiazole rings is 1. The molecule has 3 aromatic heterocycles. The SMILES string of the molecule is Cc1cc(-c2csc(NC(=O)c3ccco3)n2)c(C)n1-c1ccc2c(c1)OCO2. The van der Waals surface area contributed by atoms with E-state index in [-0.39, 0.29) is 18.5 Å². The van der Waals surface area contributed by atoms with Gasteiger partial charge in [-0.25, -0.2) is 4.98 Å². The van der Waals surface area contributed by atoms with Gasteiger partial charge in [-0.3, -0.25) is 10.1 Å². The van der Waals surface area contributed by atoms with Crippen molar-refractivity contribution in [3.63, 3.8) is 0 Å². The summed E-state index contributed by atoms with van der Waals surface area (Å²) in [7, 11) is 0. The Balaban J connectivity index is 1.45. The number of fused-ring (bicyclic) bond motifs is 1. The zero-order valence-electron chi connectivity index (χ0n) is 15.8. The van der Waals surface area contributed by atoms with Crippen LogP contribution in [0.2, 0.25) is 0 Å². The highest BCUT2D eigenvalue weighted by Crippen LogP contribution is 2.36. The number of aryl methyl sites for hydroxylation is 1. The Morgan fingerprint density at radius 3 is 2.86 bits per heavy atom. The van der Waals surface area contributed by atoms with Gasteiger partial charge in [-0.2, -0.15) is 0 Å². The molecule has 0 atom stereocenters. The summed E-state index contributed by atoms with van der Waals surface area (Å²) in [4.78, 5) is 16.7. The molecule has 1 amide bonds. The maximum absolute atomic E-state index is 12.2. The summed E-state index contributed by atoms with van der Waals surface area (Å²) in [6.45, 7) is 4.35. The third-order valence-corrected chi connectivity index (χ3v) is 5.55. The number of carbonyl (C=O) groups is 1. The van der Waals surface area contributed by atoms with Crippen molar-refractivity contribution in [1.82, 2.24) is 9.55 Å². The molecular weight excluding hydrogens is 390 g/mol. The van der Waals surface area contributed by atoms with E-state index in [1.807, 2.05) is 37.4 Å². The summed E-state index contributed by atoms with van der Waals surface area (Å²) in [5.74, 6) is 1.44. The number of nitrogens with one attached hydrogen (secondary N) is 1. The Bertz CT molecular complexity index is 1210. The first-order valence-corrected chi connectivity index (χ1v) is 9.88. The van der Waals surface area contributed by atoms with Crippen LogP contribution in [0.15, 0.2) is 52.5 Å². The second-order valence-electron chi connectivity index (χ2n) is 6.63. The Labute approximate surface area is 170 Å². The van der Waals surface area contributed by atoms with E-state index in [0.717, 1.165) is 39.8 Å². The van der Waals surface area contributed by atoms with Gasteiger partial charge in [-0.15, -0.1) is 11.3 Å². The number of benzene rings is 1. The van der Waals surface area contributed by atoms with Crippen LogP contribution in [0.25, 0.3) is 16.9 Å². The smallest absolute Gasteiger partial charge is 0.293 e. The lowest BCUT2D eigenvalue weighted by molar-refractivity contribution is 0.0996. The lowest BCUT2D eigenvalue weighted by Gasteiger charge is -2.10. The molecule has 1 N–H and O–H groups in total. The number of amides is 1. The van der Waals surface area contributed by atoms with E-state index in [2.05, 4.69) is 20.9 Å². The number of hydrogen-bond donors (Lipinski definition) is 1. The normalized spacial score (nSPS) is 12.3. The molecule has 1 aromatic carbocycles. The van der Waals surface area contributed by atoms with E-state index in [1.165, 1.54) is 17.6 Å². The summed E-state index contributed by atoms with van der Waals surface area (Å²) in [5, 5.41) is 5.23. The molecule has 5 rings (SSSR count). The minimum absolute atomic E-state index is 0.249. The van der Waals surface area contributed by atoms with Crippen LogP contribution < -0.4 is 14.8 Å². The lowest BCUT2D eigenvalue weighted by atomic mass is 10.2. The second-order valence-corrected chi connectivity index (χ2v) is 7.49. The predicted octanol–water partition coefficient (Wildman–Crippen LogP) is 4.79. The number of furan rings is 1. The van der Waals surface area contributed by atoms with Crippen LogP contribution in [0.4, 0.5) is 5.13 Å². The first-order valence-electron chi connectivity index (χ1n) is 9.00. The van der Waals surface area contributed by atoms with E-state index < -0.39 is 0 Å². The number of rotatable bonds is 4. The maximum Gasteiger partial charge on any atom is 0.293 e. The van der Waals surface area contributed by atoms with Gasteiger partial charge in [0.25, 0.3) is 5.91 Å². The third-order valence-electron chi connectivity index (χ3n) is 4.79. The van der Waals surface area contributed by atoms with Crippen molar-refractivity contribution in [3.8, 4) is 28.4 Å². The van der Waals surface area contributed by atoms with Crippen molar-refractivity contribution >= 4 is 22.4 Å². The fraction of sp³-hybridized carbons (Fsp3) is 0.143. The first kappa shape index (κ1) is 17.6. The number of aromatic nitrogens is 2. The van der Waals surface area contributed by atoms with Crippen LogP contribution in [0.3, 0.4) is 0 Å². The average Bonchev–Trinajstić information content (AvgIpc) is 3.49. The topological polar surface area (TPSA) is 78.5 Å². The Morgan fingerprint density at radius 2 is 2.03 bits per heavy atom. The molecule has 0 bridgehead atoms. The van der Waals surface area contributed by atoms with E-state index in [9.17, 15) is 4.79 Å². The van der Waals surface area contributed by atoms with Gasteiger partial charge in [0.05, 0.1) is 12.0 Å². The molecule has 0 aliphatic carbocycles. The summed E-state index contributed by atoms with van der Waals surface area (Å²) < 4.78 is 18.2. The van der Waals surface area contributed by atoms with Crippen molar-refractivity contribution in [1.29, 1.82) is 0 Å². The number of ether oxygens (including phenoxy) is 2. The largest absolute Gasteiger partial charge is 0.459 e. The molecule has 0 saturated carbocycles. The van der Waals surface area contributed by atoms with Crippen molar-refractivity contribution in [2.75, 3.05) is 12.1 Å². The molecule has 4 heterocycles. The summed E-state index contributed by atoms with van der Waals surface area (Å²) in [6, 6.07) is 11.3.